The van der Waals surface area contributed by atoms with Crippen molar-refractivity contribution in [3.05, 3.63) is 47.2 Å². The van der Waals surface area contributed by atoms with Crippen LogP contribution in [-0.4, -0.2) is 19.6 Å². The van der Waals surface area contributed by atoms with Crippen molar-refractivity contribution < 1.29 is 0 Å². The van der Waals surface area contributed by atoms with E-state index in [4.69, 9.17) is 0 Å². The minimum atomic E-state index is 0.619. The second kappa shape index (κ2) is 5.06. The molecule has 4 aromatic rings. The quantitative estimate of drug-likeness (QED) is 0.622. The van der Waals surface area contributed by atoms with Crippen LogP contribution in [0.1, 0.15) is 18.2 Å². The average molecular weight is 309 g/mol. The second-order valence-corrected chi connectivity index (χ2v) is 6.10. The van der Waals surface area contributed by atoms with Gasteiger partial charge < -0.3 is 5.32 Å². The Morgan fingerprint density at radius 2 is 2.18 bits per heavy atom. The molecule has 0 saturated carbocycles. The number of nitrogens with one attached hydrogen (secondary N) is 1. The van der Waals surface area contributed by atoms with Crippen LogP contribution in [0.2, 0.25) is 0 Å². The molecule has 0 aliphatic carbocycles. The predicted octanol–water partition coefficient (Wildman–Crippen LogP) is 3.95. The first-order valence-electron chi connectivity index (χ1n) is 7.19. The second-order valence-electron chi connectivity index (χ2n) is 5.15. The van der Waals surface area contributed by atoms with Gasteiger partial charge in [0.2, 0.25) is 0 Å². The van der Waals surface area contributed by atoms with Crippen molar-refractivity contribution in [3.63, 3.8) is 0 Å². The van der Waals surface area contributed by atoms with E-state index >= 15 is 0 Å². The standard InChI is InChI=1S/C16H15N5S/c1-3-13-10(2)19-16-17-9-18-21(16)15(13)20-12-4-5-14-11(8-12)6-7-22-14/h4-9,20H,3H2,1-2H3. The van der Waals surface area contributed by atoms with E-state index in [2.05, 4.69) is 57.0 Å². The van der Waals surface area contributed by atoms with Gasteiger partial charge >= 0.3 is 0 Å². The van der Waals surface area contributed by atoms with Crippen molar-refractivity contribution in [1.29, 1.82) is 0 Å². The lowest BCUT2D eigenvalue weighted by atomic mass is 10.1. The molecule has 5 nitrogen and oxygen atoms in total. The number of thiophene rings is 1. The fraction of sp³-hybridized carbons (Fsp3) is 0.188. The molecule has 0 unspecified atom stereocenters. The lowest BCUT2D eigenvalue weighted by molar-refractivity contribution is 0.903. The van der Waals surface area contributed by atoms with Gasteiger partial charge in [0.1, 0.15) is 12.1 Å². The number of aryl methyl sites for hydroxylation is 1. The number of aromatic nitrogens is 4. The maximum Gasteiger partial charge on any atom is 0.254 e. The Bertz CT molecular complexity index is 969. The molecule has 3 heterocycles. The summed E-state index contributed by atoms with van der Waals surface area (Å²) in [7, 11) is 0. The maximum atomic E-state index is 4.50. The molecule has 0 atom stereocenters. The fourth-order valence-corrected chi connectivity index (χ4v) is 3.49. The molecular formula is C16H15N5S. The van der Waals surface area contributed by atoms with E-state index in [9.17, 15) is 0 Å². The van der Waals surface area contributed by atoms with Crippen LogP contribution in [-0.2, 0) is 6.42 Å². The number of anilines is 2. The fourth-order valence-electron chi connectivity index (χ4n) is 2.72. The van der Waals surface area contributed by atoms with Crippen molar-refractivity contribution in [3.8, 4) is 0 Å². The summed E-state index contributed by atoms with van der Waals surface area (Å²) in [5.41, 5.74) is 3.19. The molecule has 0 bridgehead atoms. The van der Waals surface area contributed by atoms with Gasteiger partial charge in [-0.2, -0.15) is 14.6 Å². The number of hydrogen-bond donors (Lipinski definition) is 1. The van der Waals surface area contributed by atoms with E-state index in [1.165, 1.54) is 16.4 Å². The molecule has 0 radical (unpaired) electrons. The van der Waals surface area contributed by atoms with Gasteiger partial charge in [0.05, 0.1) is 0 Å². The molecule has 0 saturated heterocycles. The van der Waals surface area contributed by atoms with E-state index in [1.54, 1.807) is 15.9 Å². The van der Waals surface area contributed by atoms with Crippen molar-refractivity contribution in [2.24, 2.45) is 0 Å². The Hall–Kier alpha value is -2.47. The van der Waals surface area contributed by atoms with E-state index in [1.807, 2.05) is 6.92 Å². The van der Waals surface area contributed by atoms with Crippen molar-refractivity contribution in [2.45, 2.75) is 20.3 Å². The normalized spacial score (nSPS) is 11.4. The van der Waals surface area contributed by atoms with Crippen LogP contribution >= 0.6 is 11.3 Å². The first kappa shape index (κ1) is 13.2. The Kier molecular flexibility index (Phi) is 3.04. The summed E-state index contributed by atoms with van der Waals surface area (Å²) in [6.07, 6.45) is 2.42. The van der Waals surface area contributed by atoms with Crippen LogP contribution in [0.25, 0.3) is 15.9 Å². The zero-order chi connectivity index (χ0) is 15.1. The Labute approximate surface area is 131 Å². The summed E-state index contributed by atoms with van der Waals surface area (Å²) in [4.78, 5) is 8.70. The minimum Gasteiger partial charge on any atom is -0.340 e. The Morgan fingerprint density at radius 1 is 1.27 bits per heavy atom. The summed E-state index contributed by atoms with van der Waals surface area (Å²) in [6.45, 7) is 4.14. The molecule has 0 spiro atoms. The molecule has 4 rings (SSSR count). The molecular weight excluding hydrogens is 294 g/mol. The van der Waals surface area contributed by atoms with Gasteiger partial charge in [-0.3, -0.25) is 0 Å². The highest BCUT2D eigenvalue weighted by Gasteiger charge is 2.13. The zero-order valence-electron chi connectivity index (χ0n) is 12.4. The molecule has 0 aliphatic rings. The highest BCUT2D eigenvalue weighted by atomic mass is 32.1. The van der Waals surface area contributed by atoms with Gasteiger partial charge in [-0.25, -0.2) is 4.98 Å². The van der Waals surface area contributed by atoms with Crippen LogP contribution < -0.4 is 5.32 Å². The third-order valence-electron chi connectivity index (χ3n) is 3.80. The highest BCUT2D eigenvalue weighted by Crippen LogP contribution is 2.28. The van der Waals surface area contributed by atoms with Crippen LogP contribution in [0.4, 0.5) is 11.5 Å². The topological polar surface area (TPSA) is 55.1 Å². The molecule has 0 aliphatic heterocycles. The molecule has 22 heavy (non-hydrogen) atoms. The van der Waals surface area contributed by atoms with Gasteiger partial charge in [0.15, 0.2) is 0 Å². The lowest BCUT2D eigenvalue weighted by Gasteiger charge is -2.14. The number of benzene rings is 1. The van der Waals surface area contributed by atoms with Crippen LogP contribution in [0.3, 0.4) is 0 Å². The van der Waals surface area contributed by atoms with E-state index in [0.29, 0.717) is 5.78 Å². The van der Waals surface area contributed by atoms with E-state index < -0.39 is 0 Å². The monoisotopic (exact) mass is 309 g/mol. The first-order chi connectivity index (χ1) is 10.8. The van der Waals surface area contributed by atoms with E-state index in [-0.39, 0.29) is 0 Å². The van der Waals surface area contributed by atoms with Gasteiger partial charge in [0, 0.05) is 21.6 Å². The molecule has 3 aromatic heterocycles. The lowest BCUT2D eigenvalue weighted by Crippen LogP contribution is -2.08. The number of hydrogen-bond acceptors (Lipinski definition) is 5. The third kappa shape index (κ3) is 2.03. The van der Waals surface area contributed by atoms with E-state index in [0.717, 1.165) is 29.2 Å². The highest BCUT2D eigenvalue weighted by molar-refractivity contribution is 7.17. The first-order valence-corrected chi connectivity index (χ1v) is 8.07. The summed E-state index contributed by atoms with van der Waals surface area (Å²) >= 11 is 1.75. The smallest absolute Gasteiger partial charge is 0.254 e. The van der Waals surface area contributed by atoms with Crippen molar-refractivity contribution >= 4 is 38.7 Å². The van der Waals surface area contributed by atoms with Gasteiger partial charge in [0.25, 0.3) is 5.78 Å². The number of nitrogens with zero attached hydrogens (tertiary/aromatic N) is 4. The zero-order valence-corrected chi connectivity index (χ0v) is 13.2. The predicted molar refractivity (Wildman–Crippen MR) is 90.0 cm³/mol. The van der Waals surface area contributed by atoms with Crippen LogP contribution in [0, 0.1) is 6.92 Å². The van der Waals surface area contributed by atoms with Gasteiger partial charge in [-0.05, 0) is 48.4 Å². The molecule has 110 valence electrons. The molecule has 1 aromatic carbocycles. The Balaban J connectivity index is 1.87. The molecule has 0 fully saturated rings. The largest absolute Gasteiger partial charge is 0.340 e. The van der Waals surface area contributed by atoms with Crippen LogP contribution in [0.15, 0.2) is 36.0 Å². The molecule has 1 N–H and O–H groups in total. The van der Waals surface area contributed by atoms with Crippen LogP contribution in [0.5, 0.6) is 0 Å². The molecule has 6 heteroatoms. The summed E-state index contributed by atoms with van der Waals surface area (Å²) in [6, 6.07) is 8.52. The summed E-state index contributed by atoms with van der Waals surface area (Å²) < 4.78 is 3.06. The maximum absolute atomic E-state index is 4.50. The van der Waals surface area contributed by atoms with Gasteiger partial charge in [-0.15, -0.1) is 11.3 Å². The number of rotatable bonds is 3. The minimum absolute atomic E-state index is 0.619. The Morgan fingerprint density at radius 3 is 3.05 bits per heavy atom. The van der Waals surface area contributed by atoms with Crippen molar-refractivity contribution in [2.75, 3.05) is 5.32 Å². The van der Waals surface area contributed by atoms with Crippen molar-refractivity contribution in [1.82, 2.24) is 19.6 Å². The van der Waals surface area contributed by atoms with Gasteiger partial charge in [-0.1, -0.05) is 6.92 Å². The average Bonchev–Trinajstić information content (AvgIpc) is 3.15. The summed E-state index contributed by atoms with van der Waals surface area (Å²) in [5.74, 6) is 1.56. The summed E-state index contributed by atoms with van der Waals surface area (Å²) in [5, 5.41) is 11.2. The number of fused-ring (bicyclic) bond motifs is 2. The molecule has 0 amide bonds. The SMILES string of the molecule is CCc1c(C)nc2ncnn2c1Nc1ccc2sccc2c1. The third-order valence-corrected chi connectivity index (χ3v) is 4.70.